The molecule has 0 fully saturated rings. The van der Waals surface area contributed by atoms with E-state index < -0.39 is 5.92 Å². The Hall–Kier alpha value is -3.80. The first kappa shape index (κ1) is 22.9. The van der Waals surface area contributed by atoms with Crippen LogP contribution in [0, 0.1) is 0 Å². The molecule has 0 saturated carbocycles. The molecule has 0 bridgehead atoms. The largest absolute Gasteiger partial charge is 0.504 e. The van der Waals surface area contributed by atoms with Gasteiger partial charge in [0.1, 0.15) is 11.5 Å². The normalized spacial score (nSPS) is 10.6. The van der Waals surface area contributed by atoms with E-state index in [1.54, 1.807) is 74.9 Å². The number of benzene rings is 3. The Bertz CT molecular complexity index is 1040. The topological polar surface area (TPSA) is 82.1 Å². The van der Waals surface area contributed by atoms with E-state index >= 15 is 0 Å². The summed E-state index contributed by atoms with van der Waals surface area (Å²) < 4.78 is 15.7. The van der Waals surface area contributed by atoms with Gasteiger partial charge in [0.2, 0.25) is 0 Å². The SMILES string of the molecule is COc1cccc(C(=O)CC(CC(=O)c2cccc(OC)c2)c2ccc(O)c(OC)c2)c1. The van der Waals surface area contributed by atoms with Gasteiger partial charge in [0.25, 0.3) is 0 Å². The number of methoxy groups -OCH3 is 3. The highest BCUT2D eigenvalue weighted by molar-refractivity contribution is 5.99. The molecule has 1 N–H and O–H groups in total. The molecule has 0 saturated heterocycles. The Kier molecular flexibility index (Phi) is 7.49. The molecule has 3 aromatic rings. The minimum atomic E-state index is -0.415. The number of Topliss-reactive ketones (excluding diaryl/α,β-unsaturated/α-hetero) is 2. The Balaban J connectivity index is 1.91. The van der Waals surface area contributed by atoms with Crippen LogP contribution in [0.25, 0.3) is 0 Å². The predicted molar refractivity (Wildman–Crippen MR) is 121 cm³/mol. The van der Waals surface area contributed by atoms with E-state index in [4.69, 9.17) is 14.2 Å². The highest BCUT2D eigenvalue weighted by Crippen LogP contribution is 2.34. The van der Waals surface area contributed by atoms with Gasteiger partial charge in [-0.15, -0.1) is 0 Å². The summed E-state index contributed by atoms with van der Waals surface area (Å²) in [7, 11) is 4.54. The summed E-state index contributed by atoms with van der Waals surface area (Å²) >= 11 is 0. The van der Waals surface area contributed by atoms with Crippen LogP contribution >= 0.6 is 0 Å². The third kappa shape index (κ3) is 5.46. The Labute approximate surface area is 187 Å². The molecule has 0 aliphatic rings. The minimum absolute atomic E-state index is 0.00626. The summed E-state index contributed by atoms with van der Waals surface area (Å²) in [6.45, 7) is 0. The van der Waals surface area contributed by atoms with Crippen molar-refractivity contribution in [3.05, 3.63) is 83.4 Å². The maximum Gasteiger partial charge on any atom is 0.163 e. The smallest absolute Gasteiger partial charge is 0.163 e. The molecule has 0 aromatic heterocycles. The maximum absolute atomic E-state index is 13.1. The maximum atomic E-state index is 13.1. The number of carbonyl (C=O) groups excluding carboxylic acids is 2. The van der Waals surface area contributed by atoms with Crippen LogP contribution < -0.4 is 14.2 Å². The predicted octanol–water partition coefficient (Wildman–Crippen LogP) is 5.05. The van der Waals surface area contributed by atoms with E-state index in [1.165, 1.54) is 13.2 Å². The van der Waals surface area contributed by atoms with E-state index in [0.717, 1.165) is 5.56 Å². The van der Waals surface area contributed by atoms with Crippen molar-refractivity contribution in [2.45, 2.75) is 18.8 Å². The molecule has 0 heterocycles. The number of rotatable bonds is 10. The lowest BCUT2D eigenvalue weighted by Gasteiger charge is -2.18. The summed E-state index contributed by atoms with van der Waals surface area (Å²) in [4.78, 5) is 26.1. The van der Waals surface area contributed by atoms with Gasteiger partial charge in [-0.2, -0.15) is 0 Å². The number of ether oxygens (including phenoxy) is 3. The van der Waals surface area contributed by atoms with Crippen LogP contribution in [0.2, 0.25) is 0 Å². The zero-order valence-electron chi connectivity index (χ0n) is 18.3. The molecule has 0 aliphatic carbocycles. The minimum Gasteiger partial charge on any atom is -0.504 e. The van der Waals surface area contributed by atoms with Crippen molar-refractivity contribution >= 4 is 11.6 Å². The van der Waals surface area contributed by atoms with E-state index in [0.29, 0.717) is 22.6 Å². The molecule has 6 heteroatoms. The van der Waals surface area contributed by atoms with Crippen LogP contribution in [0.4, 0.5) is 0 Å². The first-order valence-corrected chi connectivity index (χ1v) is 10.2. The molecule has 0 amide bonds. The molecule has 0 atom stereocenters. The summed E-state index contributed by atoms with van der Waals surface area (Å²) in [5.74, 6) is 0.821. The highest BCUT2D eigenvalue weighted by Gasteiger charge is 2.23. The van der Waals surface area contributed by atoms with Crippen molar-refractivity contribution in [1.29, 1.82) is 0 Å². The second-order valence-corrected chi connectivity index (χ2v) is 7.35. The number of phenolic OH excluding ortho intramolecular Hbond substituents is 1. The van der Waals surface area contributed by atoms with Crippen LogP contribution in [0.5, 0.6) is 23.0 Å². The molecular weight excluding hydrogens is 408 g/mol. The molecule has 0 spiro atoms. The fraction of sp³-hybridized carbons (Fsp3) is 0.231. The molecule has 6 nitrogen and oxygen atoms in total. The van der Waals surface area contributed by atoms with E-state index in [1.807, 2.05) is 0 Å². The van der Waals surface area contributed by atoms with Gasteiger partial charge in [0, 0.05) is 24.0 Å². The Morgan fingerprint density at radius 2 is 1.28 bits per heavy atom. The van der Waals surface area contributed by atoms with Gasteiger partial charge in [0.05, 0.1) is 21.3 Å². The first-order chi connectivity index (χ1) is 15.4. The van der Waals surface area contributed by atoms with Crippen molar-refractivity contribution in [3.8, 4) is 23.0 Å². The first-order valence-electron chi connectivity index (χ1n) is 10.2. The average molecular weight is 434 g/mol. The number of hydrogen-bond donors (Lipinski definition) is 1. The van der Waals surface area contributed by atoms with Crippen LogP contribution in [-0.2, 0) is 0 Å². The van der Waals surface area contributed by atoms with Gasteiger partial charge >= 0.3 is 0 Å². The lowest BCUT2D eigenvalue weighted by atomic mass is 9.86. The van der Waals surface area contributed by atoms with Gasteiger partial charge in [0.15, 0.2) is 23.1 Å². The molecule has 0 unspecified atom stereocenters. The van der Waals surface area contributed by atoms with E-state index in [9.17, 15) is 14.7 Å². The molecule has 0 aliphatic heterocycles. The van der Waals surface area contributed by atoms with Crippen molar-refractivity contribution in [2.24, 2.45) is 0 Å². The molecule has 3 rings (SSSR count). The highest BCUT2D eigenvalue weighted by atomic mass is 16.5. The monoisotopic (exact) mass is 434 g/mol. The van der Waals surface area contributed by atoms with E-state index in [-0.39, 0.29) is 35.9 Å². The number of ketones is 2. The summed E-state index contributed by atoms with van der Waals surface area (Å²) in [5.41, 5.74) is 1.75. The van der Waals surface area contributed by atoms with Gasteiger partial charge in [-0.1, -0.05) is 30.3 Å². The fourth-order valence-corrected chi connectivity index (χ4v) is 3.53. The third-order valence-corrected chi connectivity index (χ3v) is 5.32. The third-order valence-electron chi connectivity index (χ3n) is 5.32. The van der Waals surface area contributed by atoms with Crippen LogP contribution in [0.3, 0.4) is 0 Å². The van der Waals surface area contributed by atoms with Crippen LogP contribution in [-0.4, -0.2) is 38.0 Å². The fourth-order valence-electron chi connectivity index (χ4n) is 3.53. The molecule has 32 heavy (non-hydrogen) atoms. The van der Waals surface area contributed by atoms with Crippen molar-refractivity contribution < 1.29 is 28.9 Å². The number of phenols is 1. The van der Waals surface area contributed by atoms with Crippen LogP contribution in [0.1, 0.15) is 45.0 Å². The second kappa shape index (κ2) is 10.5. The molecule has 0 radical (unpaired) electrons. The molecular formula is C26H26O6. The van der Waals surface area contributed by atoms with E-state index in [2.05, 4.69) is 0 Å². The van der Waals surface area contributed by atoms with Gasteiger partial charge in [-0.3, -0.25) is 9.59 Å². The molecule has 166 valence electrons. The van der Waals surface area contributed by atoms with Crippen molar-refractivity contribution in [1.82, 2.24) is 0 Å². The number of carbonyl (C=O) groups is 2. The summed E-state index contributed by atoms with van der Waals surface area (Å²) in [5, 5.41) is 9.97. The van der Waals surface area contributed by atoms with Gasteiger partial charge < -0.3 is 19.3 Å². The zero-order chi connectivity index (χ0) is 23.1. The van der Waals surface area contributed by atoms with Crippen LogP contribution in [0.15, 0.2) is 66.7 Å². The lowest BCUT2D eigenvalue weighted by molar-refractivity contribution is 0.0944. The standard InChI is InChI=1S/C26H26O6/c1-30-21-8-4-6-18(12-21)24(28)14-20(17-10-11-23(27)26(16-17)32-3)15-25(29)19-7-5-9-22(13-19)31-2/h4-13,16,20,27H,14-15H2,1-3H3. The van der Waals surface area contributed by atoms with Gasteiger partial charge in [-0.05, 0) is 47.9 Å². The number of hydrogen-bond acceptors (Lipinski definition) is 6. The Morgan fingerprint density at radius 1 is 0.750 bits per heavy atom. The zero-order valence-corrected chi connectivity index (χ0v) is 18.3. The summed E-state index contributed by atoms with van der Waals surface area (Å²) in [6, 6.07) is 18.7. The Morgan fingerprint density at radius 3 is 1.75 bits per heavy atom. The molecule has 3 aromatic carbocycles. The second-order valence-electron chi connectivity index (χ2n) is 7.35. The number of aromatic hydroxyl groups is 1. The van der Waals surface area contributed by atoms with Gasteiger partial charge in [-0.25, -0.2) is 0 Å². The lowest BCUT2D eigenvalue weighted by Crippen LogP contribution is -2.13. The quantitative estimate of drug-likeness (QED) is 0.450. The van der Waals surface area contributed by atoms with Crippen molar-refractivity contribution in [2.75, 3.05) is 21.3 Å². The summed E-state index contributed by atoms with van der Waals surface area (Å²) in [6.07, 6.45) is 0.216. The van der Waals surface area contributed by atoms with Crippen molar-refractivity contribution in [3.63, 3.8) is 0 Å². The average Bonchev–Trinajstić information content (AvgIpc) is 2.83.